The molecular weight excluding hydrogens is 654 g/mol. The van der Waals surface area contributed by atoms with Crippen LogP contribution in [0, 0.1) is 5.92 Å². The van der Waals surface area contributed by atoms with Crippen LogP contribution < -0.4 is 24.8 Å². The molecule has 0 spiro atoms. The van der Waals surface area contributed by atoms with Crippen LogP contribution in [0.15, 0.2) is 41.0 Å². The molecule has 1 aromatic carbocycles. The van der Waals surface area contributed by atoms with E-state index in [4.69, 9.17) is 9.47 Å². The highest BCUT2D eigenvalue weighted by Crippen LogP contribution is 2.46. The molecule has 12 nitrogen and oxygen atoms in total. The van der Waals surface area contributed by atoms with Crippen molar-refractivity contribution in [3.63, 3.8) is 0 Å². The molecule has 0 radical (unpaired) electrons. The fourth-order valence-corrected chi connectivity index (χ4v) is 8.03. The Kier molecular flexibility index (Phi) is 8.48. The Morgan fingerprint density at radius 3 is 2.75 bits per heavy atom. The summed E-state index contributed by atoms with van der Waals surface area (Å²) < 4.78 is 39.9. The van der Waals surface area contributed by atoms with Crippen LogP contribution in [-0.2, 0) is 19.6 Å². The van der Waals surface area contributed by atoms with Gasteiger partial charge in [-0.15, -0.1) is 0 Å². The Morgan fingerprint density at radius 2 is 1.98 bits per heavy atom. The summed E-state index contributed by atoms with van der Waals surface area (Å²) in [5, 5.41) is 6.78. The van der Waals surface area contributed by atoms with Crippen LogP contribution in [0.3, 0.4) is 0 Å². The first-order valence-electron chi connectivity index (χ1n) is 15.0. The van der Waals surface area contributed by atoms with Crippen LogP contribution in [0.25, 0.3) is 10.8 Å². The molecule has 4 atom stereocenters. The predicted molar refractivity (Wildman–Crippen MR) is 166 cm³/mol. The molecule has 2 saturated carbocycles. The molecule has 3 heterocycles. The highest BCUT2D eigenvalue weighted by atomic mass is 79.9. The number of ether oxygens (including phenoxy) is 2. The number of halogens is 1. The average molecular weight is 691 g/mol. The van der Waals surface area contributed by atoms with Crippen LogP contribution >= 0.6 is 15.9 Å². The zero-order chi connectivity index (χ0) is 31.1. The van der Waals surface area contributed by atoms with E-state index >= 15 is 0 Å². The van der Waals surface area contributed by atoms with Gasteiger partial charge in [0.05, 0.1) is 23.4 Å². The number of amides is 4. The van der Waals surface area contributed by atoms with Crippen LogP contribution in [0.4, 0.5) is 4.79 Å². The molecule has 1 aromatic heterocycles. The van der Waals surface area contributed by atoms with Crippen molar-refractivity contribution in [3.05, 3.63) is 41.0 Å². The summed E-state index contributed by atoms with van der Waals surface area (Å²) in [6.45, 7) is 0.589. The average Bonchev–Trinajstić information content (AvgIpc) is 3.92. The van der Waals surface area contributed by atoms with Crippen LogP contribution in [0.5, 0.6) is 11.6 Å². The second-order valence-electron chi connectivity index (χ2n) is 11.9. The van der Waals surface area contributed by atoms with Crippen molar-refractivity contribution in [1.29, 1.82) is 0 Å². The van der Waals surface area contributed by atoms with Crippen molar-refractivity contribution >= 4 is 54.6 Å². The summed E-state index contributed by atoms with van der Waals surface area (Å²) in [4.78, 5) is 46.5. The molecule has 3 fully saturated rings. The molecule has 4 aliphatic rings. The maximum absolute atomic E-state index is 13.9. The molecule has 2 aliphatic carbocycles. The van der Waals surface area contributed by atoms with E-state index < -0.39 is 50.8 Å². The van der Waals surface area contributed by atoms with Gasteiger partial charge in [0.15, 0.2) is 0 Å². The van der Waals surface area contributed by atoms with Gasteiger partial charge in [0.2, 0.25) is 21.8 Å². The van der Waals surface area contributed by atoms with Gasteiger partial charge in [-0.2, -0.15) is 0 Å². The van der Waals surface area contributed by atoms with E-state index in [1.807, 2.05) is 24.3 Å². The summed E-state index contributed by atoms with van der Waals surface area (Å²) in [6.07, 6.45) is 9.77. The number of benzene rings is 1. The molecule has 2 aliphatic heterocycles. The maximum atomic E-state index is 13.9. The number of rotatable bonds is 6. The Labute approximate surface area is 264 Å². The standard InChI is InChI=1S/C30H36BrN5O7S/c1-42-24-11-10-22-21(25(24)31)12-14-32-27(22)43-19-15-23-26(37)34-30(28(38)35-44(40,41)20-8-9-20)16-18(30)7-5-3-2-4-6-13-33-29(39)36(23)17-19/h5,7,10-12,14,18-20,23H,2-4,6,8-9,13,15-17H2,1H3,(H,33,39)(H,34,37)(H,35,38). The van der Waals surface area contributed by atoms with E-state index in [2.05, 4.69) is 36.3 Å². The van der Waals surface area contributed by atoms with E-state index in [0.717, 1.165) is 40.9 Å². The number of allylic oxidation sites excluding steroid dienone is 1. The van der Waals surface area contributed by atoms with E-state index in [0.29, 0.717) is 31.0 Å². The van der Waals surface area contributed by atoms with Crippen LogP contribution in [0.2, 0.25) is 0 Å². The zero-order valence-electron chi connectivity index (χ0n) is 24.4. The van der Waals surface area contributed by atoms with Crippen molar-refractivity contribution in [1.82, 2.24) is 25.2 Å². The van der Waals surface area contributed by atoms with E-state index in [-0.39, 0.29) is 25.3 Å². The highest BCUT2D eigenvalue weighted by molar-refractivity contribution is 9.10. The second-order valence-corrected chi connectivity index (χ2v) is 14.6. The molecule has 1 saturated heterocycles. The summed E-state index contributed by atoms with van der Waals surface area (Å²) >= 11 is 3.57. The number of sulfonamides is 1. The van der Waals surface area contributed by atoms with Gasteiger partial charge in [0.1, 0.15) is 23.4 Å². The fourth-order valence-electron chi connectivity index (χ4n) is 6.02. The Bertz CT molecular complexity index is 1610. The number of nitrogens with zero attached hydrogens (tertiary/aromatic N) is 2. The van der Waals surface area contributed by atoms with Gasteiger partial charge in [-0.25, -0.2) is 18.2 Å². The molecule has 2 aromatic rings. The predicted octanol–water partition coefficient (Wildman–Crippen LogP) is 3.15. The third-order valence-corrected chi connectivity index (χ3v) is 11.4. The summed E-state index contributed by atoms with van der Waals surface area (Å²) in [5.74, 6) is -0.607. The number of fused-ring (bicyclic) bond motifs is 3. The summed E-state index contributed by atoms with van der Waals surface area (Å²) in [7, 11) is -2.23. The van der Waals surface area contributed by atoms with Crippen LogP contribution in [-0.4, -0.2) is 79.3 Å². The molecule has 4 amide bonds. The lowest BCUT2D eigenvalue weighted by atomic mass is 10.1. The number of hydrogen-bond acceptors (Lipinski definition) is 8. The summed E-state index contributed by atoms with van der Waals surface area (Å²) in [6, 6.07) is 4.14. The van der Waals surface area contributed by atoms with Gasteiger partial charge in [-0.3, -0.25) is 14.3 Å². The van der Waals surface area contributed by atoms with Crippen molar-refractivity contribution < 1.29 is 32.3 Å². The lowest BCUT2D eigenvalue weighted by Gasteiger charge is -2.26. The zero-order valence-corrected chi connectivity index (χ0v) is 26.8. The molecule has 3 N–H and O–H groups in total. The number of methoxy groups -OCH3 is 1. The second kappa shape index (κ2) is 12.2. The van der Waals surface area contributed by atoms with Gasteiger partial charge in [-0.05, 0) is 72.7 Å². The number of hydrogen-bond donors (Lipinski definition) is 3. The van der Waals surface area contributed by atoms with Crippen molar-refractivity contribution in [2.45, 2.75) is 74.3 Å². The number of carbonyl (C=O) groups excluding carboxylic acids is 3. The number of aromatic nitrogens is 1. The van der Waals surface area contributed by atoms with E-state index in [1.54, 1.807) is 19.4 Å². The van der Waals surface area contributed by atoms with Crippen molar-refractivity contribution in [3.8, 4) is 11.6 Å². The topological polar surface area (TPSA) is 156 Å². The first-order chi connectivity index (χ1) is 21.1. The molecular formula is C30H36BrN5O7S. The Hall–Kier alpha value is -3.39. The third kappa shape index (κ3) is 6.10. The normalized spacial score (nSPS) is 27.7. The molecule has 14 heteroatoms. The minimum atomic E-state index is -3.81. The molecule has 4 unspecified atom stereocenters. The van der Waals surface area contributed by atoms with Gasteiger partial charge >= 0.3 is 6.03 Å². The van der Waals surface area contributed by atoms with E-state index in [1.165, 1.54) is 4.90 Å². The first-order valence-corrected chi connectivity index (χ1v) is 17.3. The smallest absolute Gasteiger partial charge is 0.318 e. The molecule has 0 bridgehead atoms. The van der Waals surface area contributed by atoms with Gasteiger partial charge in [-0.1, -0.05) is 18.6 Å². The van der Waals surface area contributed by atoms with Crippen molar-refractivity contribution in [2.75, 3.05) is 20.2 Å². The molecule has 44 heavy (non-hydrogen) atoms. The third-order valence-electron chi connectivity index (χ3n) is 8.79. The quantitative estimate of drug-likeness (QED) is 0.391. The van der Waals surface area contributed by atoms with Gasteiger partial charge in [0.25, 0.3) is 5.91 Å². The van der Waals surface area contributed by atoms with Gasteiger partial charge < -0.3 is 25.0 Å². The SMILES string of the molecule is COc1ccc2c(OC3CC4C(=O)NC5(C(=O)NS(=O)(=O)C6CC6)CC5C=CCCCCCNC(=O)N4C3)nccc2c1Br. The molecule has 6 rings (SSSR count). The highest BCUT2D eigenvalue weighted by Gasteiger charge is 2.62. The van der Waals surface area contributed by atoms with Crippen LogP contribution in [0.1, 0.15) is 51.4 Å². The first kappa shape index (κ1) is 30.6. The van der Waals surface area contributed by atoms with E-state index in [9.17, 15) is 22.8 Å². The lowest BCUT2D eigenvalue weighted by Crippen LogP contribution is -2.57. The minimum absolute atomic E-state index is 0.123. The Morgan fingerprint density at radius 1 is 1.16 bits per heavy atom. The number of urea groups is 1. The number of carbonyl (C=O) groups is 3. The maximum Gasteiger partial charge on any atom is 0.318 e. The number of nitrogens with one attached hydrogen (secondary N) is 3. The lowest BCUT2D eigenvalue weighted by molar-refractivity contribution is -0.131. The minimum Gasteiger partial charge on any atom is -0.496 e. The van der Waals surface area contributed by atoms with Crippen molar-refractivity contribution in [2.24, 2.45) is 5.92 Å². The monoisotopic (exact) mass is 689 g/mol. The fraction of sp³-hybridized carbons (Fsp3) is 0.533. The Balaban J connectivity index is 1.26. The largest absolute Gasteiger partial charge is 0.496 e. The van der Waals surface area contributed by atoms with Gasteiger partial charge in [0, 0.05) is 35.9 Å². The molecule has 236 valence electrons. The number of pyridine rings is 1. The summed E-state index contributed by atoms with van der Waals surface area (Å²) in [5.41, 5.74) is -1.40.